The Morgan fingerprint density at radius 3 is 2.24 bits per heavy atom. The molecule has 226 valence electrons. The van der Waals surface area contributed by atoms with Gasteiger partial charge in [-0.1, -0.05) is 123 Å². The molecule has 0 saturated carbocycles. The van der Waals surface area contributed by atoms with E-state index in [0.717, 1.165) is 33.2 Å². The van der Waals surface area contributed by atoms with Crippen molar-refractivity contribution >= 4 is 63.0 Å². The molecule has 0 spiro atoms. The largest absolute Gasteiger partial charge is 0.324 e. The van der Waals surface area contributed by atoms with Crippen LogP contribution in [0.5, 0.6) is 0 Å². The van der Waals surface area contributed by atoms with Crippen molar-refractivity contribution in [3.05, 3.63) is 123 Å². The van der Waals surface area contributed by atoms with Gasteiger partial charge in [-0.15, -0.1) is 0 Å². The Morgan fingerprint density at radius 2 is 1.51 bits per heavy atom. The number of hydrogen-bond donors (Lipinski definition) is 1. The normalized spacial score (nSPS) is 19.4. The van der Waals surface area contributed by atoms with E-state index in [2.05, 4.69) is 38.2 Å². The number of rotatable bonds is 5. The Bertz CT molecular complexity index is 2020. The van der Waals surface area contributed by atoms with Gasteiger partial charge in [0, 0.05) is 21.9 Å². The molecule has 3 heterocycles. The lowest BCUT2D eigenvalue weighted by Gasteiger charge is -2.31. The number of amides is 3. The second-order valence-electron chi connectivity index (χ2n) is 12.5. The van der Waals surface area contributed by atoms with E-state index in [1.54, 1.807) is 24.3 Å². The van der Waals surface area contributed by atoms with E-state index in [-0.39, 0.29) is 34.6 Å². The predicted octanol–water partition coefficient (Wildman–Crippen LogP) is 6.80. The second kappa shape index (κ2) is 11.2. The van der Waals surface area contributed by atoms with Crippen molar-refractivity contribution in [2.24, 2.45) is 5.92 Å². The highest BCUT2D eigenvalue weighted by Gasteiger charge is 2.56. The SMILES string of the molecule is CC(C)(C)c1ccc([C@@H]2c3sc(=O)n(CC(=O)Nc4cccc5ccccc45)c3S[C@H]3C(=O)N(c4ccccc4)C(=O)[C@@H]23)cc1. The maximum Gasteiger partial charge on any atom is 0.308 e. The smallest absolute Gasteiger partial charge is 0.308 e. The first-order valence-corrected chi connectivity index (χ1v) is 16.5. The molecule has 2 aliphatic heterocycles. The zero-order valence-corrected chi connectivity index (χ0v) is 26.7. The Balaban J connectivity index is 1.29. The molecule has 45 heavy (non-hydrogen) atoms. The minimum atomic E-state index is -0.737. The van der Waals surface area contributed by atoms with Gasteiger partial charge in [0.2, 0.25) is 17.7 Å². The molecule has 3 atom stereocenters. The summed E-state index contributed by atoms with van der Waals surface area (Å²) in [4.78, 5) is 56.7. The van der Waals surface area contributed by atoms with E-state index < -0.39 is 17.1 Å². The van der Waals surface area contributed by atoms with Crippen molar-refractivity contribution < 1.29 is 14.4 Å². The van der Waals surface area contributed by atoms with Crippen LogP contribution in [-0.2, 0) is 26.3 Å². The quantitative estimate of drug-likeness (QED) is 0.215. The van der Waals surface area contributed by atoms with Crippen LogP contribution in [0, 0.1) is 5.92 Å². The molecule has 2 aliphatic rings. The fourth-order valence-electron chi connectivity index (χ4n) is 6.30. The number of thioether (sulfide) groups is 1. The lowest BCUT2D eigenvalue weighted by Crippen LogP contribution is -2.33. The third-order valence-electron chi connectivity index (χ3n) is 8.56. The summed E-state index contributed by atoms with van der Waals surface area (Å²) in [5, 5.41) is 4.71. The summed E-state index contributed by atoms with van der Waals surface area (Å²) < 4.78 is 1.46. The van der Waals surface area contributed by atoms with Gasteiger partial charge in [-0.3, -0.25) is 23.7 Å². The Kier molecular flexibility index (Phi) is 7.25. The van der Waals surface area contributed by atoms with Gasteiger partial charge in [0.15, 0.2) is 0 Å². The maximum absolute atomic E-state index is 14.1. The molecule has 1 saturated heterocycles. The molecule has 1 aromatic heterocycles. The number of aromatic nitrogens is 1. The van der Waals surface area contributed by atoms with Gasteiger partial charge in [0.25, 0.3) is 0 Å². The van der Waals surface area contributed by atoms with Crippen molar-refractivity contribution in [1.82, 2.24) is 4.57 Å². The van der Waals surface area contributed by atoms with E-state index in [1.165, 1.54) is 21.2 Å². The van der Waals surface area contributed by atoms with Gasteiger partial charge in [-0.25, -0.2) is 4.90 Å². The van der Waals surface area contributed by atoms with Crippen LogP contribution in [0.1, 0.15) is 42.7 Å². The van der Waals surface area contributed by atoms with Gasteiger partial charge in [0.05, 0.1) is 16.6 Å². The Morgan fingerprint density at radius 1 is 0.822 bits per heavy atom. The molecule has 1 fully saturated rings. The van der Waals surface area contributed by atoms with Gasteiger partial charge in [-0.05, 0) is 40.1 Å². The topological polar surface area (TPSA) is 88.5 Å². The van der Waals surface area contributed by atoms with E-state index in [1.807, 2.05) is 60.7 Å². The third-order valence-corrected chi connectivity index (χ3v) is 11.2. The van der Waals surface area contributed by atoms with Crippen LogP contribution in [-0.4, -0.2) is 27.5 Å². The van der Waals surface area contributed by atoms with Crippen LogP contribution in [0.15, 0.2) is 107 Å². The van der Waals surface area contributed by atoms with E-state index in [4.69, 9.17) is 0 Å². The summed E-state index contributed by atoms with van der Waals surface area (Å²) in [6.45, 7) is 6.21. The summed E-state index contributed by atoms with van der Waals surface area (Å²) in [7, 11) is 0. The lowest BCUT2D eigenvalue weighted by atomic mass is 9.81. The van der Waals surface area contributed by atoms with Crippen LogP contribution < -0.4 is 15.1 Å². The monoisotopic (exact) mass is 633 g/mol. The standard InChI is InChI=1S/C36H31N3O4S2/c1-36(2,3)23-18-16-22(17-19-23)28-29-30(33(42)39(32(29)41)24-12-5-4-6-13-24)44-34-31(28)45-35(43)38(34)20-27(40)37-26-15-9-11-21-10-7-8-14-25(21)26/h4-19,28-30H,20H2,1-3H3,(H,37,40)/t28-,29-,30+/m0/s1. The fraction of sp³-hybridized carbons (Fsp3) is 0.222. The second-order valence-corrected chi connectivity index (χ2v) is 14.6. The number of anilines is 2. The summed E-state index contributed by atoms with van der Waals surface area (Å²) in [5.41, 5.74) is 3.13. The summed E-state index contributed by atoms with van der Waals surface area (Å²) in [6, 6.07) is 30.6. The zero-order valence-electron chi connectivity index (χ0n) is 25.0. The molecule has 9 heteroatoms. The molecule has 1 N–H and O–H groups in total. The van der Waals surface area contributed by atoms with Crippen LogP contribution >= 0.6 is 23.1 Å². The number of carbonyl (C=O) groups is 3. The zero-order chi connectivity index (χ0) is 31.5. The number of nitrogens with one attached hydrogen (secondary N) is 1. The number of imide groups is 1. The Labute approximate surface area is 268 Å². The summed E-state index contributed by atoms with van der Waals surface area (Å²) in [6.07, 6.45) is 0. The molecule has 7 rings (SSSR count). The molecule has 0 aliphatic carbocycles. The molecular weight excluding hydrogens is 603 g/mol. The first-order chi connectivity index (χ1) is 21.6. The summed E-state index contributed by atoms with van der Waals surface area (Å²) in [5.74, 6) is -2.13. The number of hydrogen-bond acceptors (Lipinski definition) is 6. The van der Waals surface area contributed by atoms with Crippen molar-refractivity contribution in [3.63, 3.8) is 0 Å². The van der Waals surface area contributed by atoms with Crippen molar-refractivity contribution in [2.45, 2.75) is 48.9 Å². The minimum absolute atomic E-state index is 0.0660. The van der Waals surface area contributed by atoms with Crippen LogP contribution in [0.3, 0.4) is 0 Å². The first-order valence-electron chi connectivity index (χ1n) is 14.8. The predicted molar refractivity (Wildman–Crippen MR) is 180 cm³/mol. The van der Waals surface area contributed by atoms with Crippen LogP contribution in [0.4, 0.5) is 11.4 Å². The molecule has 5 aromatic rings. The minimum Gasteiger partial charge on any atom is -0.324 e. The van der Waals surface area contributed by atoms with Crippen molar-refractivity contribution in [3.8, 4) is 0 Å². The number of fused-ring (bicyclic) bond motifs is 3. The van der Waals surface area contributed by atoms with E-state index in [0.29, 0.717) is 21.3 Å². The third kappa shape index (κ3) is 5.10. The van der Waals surface area contributed by atoms with E-state index in [9.17, 15) is 19.2 Å². The van der Waals surface area contributed by atoms with Crippen molar-refractivity contribution in [2.75, 3.05) is 10.2 Å². The number of thiazole rings is 1. The fourth-order valence-corrected chi connectivity index (χ4v) is 9.08. The highest BCUT2D eigenvalue weighted by Crippen LogP contribution is 2.54. The molecule has 3 amide bonds. The number of benzene rings is 4. The highest BCUT2D eigenvalue weighted by atomic mass is 32.2. The number of nitrogens with zero attached hydrogens (tertiary/aromatic N) is 2. The average Bonchev–Trinajstić information content (AvgIpc) is 3.47. The molecule has 0 bridgehead atoms. The highest BCUT2D eigenvalue weighted by molar-refractivity contribution is 8.00. The molecule has 4 aromatic carbocycles. The molecule has 0 radical (unpaired) electrons. The van der Waals surface area contributed by atoms with E-state index >= 15 is 0 Å². The van der Waals surface area contributed by atoms with Gasteiger partial charge in [0.1, 0.15) is 11.8 Å². The van der Waals surface area contributed by atoms with Gasteiger partial charge in [-0.2, -0.15) is 0 Å². The molecule has 0 unspecified atom stereocenters. The number of carbonyl (C=O) groups excluding carboxylic acids is 3. The molecule has 7 nitrogen and oxygen atoms in total. The van der Waals surface area contributed by atoms with Crippen LogP contribution in [0.2, 0.25) is 0 Å². The van der Waals surface area contributed by atoms with Gasteiger partial charge >= 0.3 is 4.87 Å². The lowest BCUT2D eigenvalue weighted by molar-refractivity contribution is -0.122. The Hall–Kier alpha value is -4.47. The summed E-state index contributed by atoms with van der Waals surface area (Å²) >= 11 is 2.28. The maximum atomic E-state index is 14.1. The van der Waals surface area contributed by atoms with Crippen molar-refractivity contribution in [1.29, 1.82) is 0 Å². The van der Waals surface area contributed by atoms with Gasteiger partial charge < -0.3 is 5.32 Å². The number of para-hydroxylation sites is 1. The molecular formula is C36H31N3O4S2. The average molecular weight is 634 g/mol. The first kappa shape index (κ1) is 29.3. The van der Waals surface area contributed by atoms with Crippen LogP contribution in [0.25, 0.3) is 10.8 Å².